The first-order valence-corrected chi connectivity index (χ1v) is 8.82. The van der Waals surface area contributed by atoms with Gasteiger partial charge in [0.15, 0.2) is 0 Å². The van der Waals surface area contributed by atoms with Gasteiger partial charge in [0.05, 0.1) is 0 Å². The van der Waals surface area contributed by atoms with Crippen molar-refractivity contribution in [1.29, 1.82) is 0 Å². The Labute approximate surface area is 130 Å². The van der Waals surface area contributed by atoms with Crippen LogP contribution in [0.1, 0.15) is 69.2 Å². The van der Waals surface area contributed by atoms with E-state index in [1.165, 1.54) is 49.3 Å². The van der Waals surface area contributed by atoms with Crippen molar-refractivity contribution in [3.8, 4) is 0 Å². The predicted octanol–water partition coefficient (Wildman–Crippen LogP) is 6.26. The predicted molar refractivity (Wildman–Crippen MR) is 95.3 cm³/mol. The lowest BCUT2D eigenvalue weighted by atomic mass is 9.83. The standard InChI is InChI=1S/C21H30/c1-5-9-13-20-18(12-6-2)16(7-3)17(8-4)19-14-10-11-15-21(19)20/h10-11,14-15H,5-9,12-13H2,1-4H3. The summed E-state index contributed by atoms with van der Waals surface area (Å²) in [6, 6.07) is 9.08. The molecule has 0 heteroatoms. The second kappa shape index (κ2) is 7.64. The molecule has 0 aliphatic carbocycles. The van der Waals surface area contributed by atoms with Crippen molar-refractivity contribution in [1.82, 2.24) is 0 Å². The topological polar surface area (TPSA) is 0 Å². The van der Waals surface area contributed by atoms with Crippen molar-refractivity contribution in [2.75, 3.05) is 0 Å². The molecule has 0 N–H and O–H groups in total. The lowest BCUT2D eigenvalue weighted by molar-refractivity contribution is 0.779. The average Bonchev–Trinajstić information content (AvgIpc) is 2.52. The van der Waals surface area contributed by atoms with Crippen molar-refractivity contribution < 1.29 is 0 Å². The molecule has 0 saturated carbocycles. The Kier molecular flexibility index (Phi) is 5.85. The van der Waals surface area contributed by atoms with Gasteiger partial charge in [-0.3, -0.25) is 0 Å². The SMILES string of the molecule is CCCCc1c(CCC)c(CC)c(CC)c2ccccc12. The van der Waals surface area contributed by atoms with Crippen LogP contribution >= 0.6 is 0 Å². The van der Waals surface area contributed by atoms with Gasteiger partial charge < -0.3 is 0 Å². The quantitative estimate of drug-likeness (QED) is 0.562. The van der Waals surface area contributed by atoms with Crippen molar-refractivity contribution in [2.24, 2.45) is 0 Å². The Morgan fingerprint density at radius 2 is 1.24 bits per heavy atom. The molecule has 0 atom stereocenters. The molecule has 114 valence electrons. The second-order valence-electron chi connectivity index (χ2n) is 6.02. The summed E-state index contributed by atoms with van der Waals surface area (Å²) in [5.41, 5.74) is 6.55. The minimum atomic E-state index is 1.15. The summed E-state index contributed by atoms with van der Waals surface area (Å²) in [6.07, 6.45) is 8.61. The van der Waals surface area contributed by atoms with E-state index in [9.17, 15) is 0 Å². The van der Waals surface area contributed by atoms with Crippen LogP contribution in [0.5, 0.6) is 0 Å². The summed E-state index contributed by atoms with van der Waals surface area (Å²) in [4.78, 5) is 0. The van der Waals surface area contributed by atoms with Gasteiger partial charge in [-0.25, -0.2) is 0 Å². The Morgan fingerprint density at radius 1 is 0.619 bits per heavy atom. The molecular formula is C21H30. The highest BCUT2D eigenvalue weighted by atomic mass is 14.2. The molecule has 0 saturated heterocycles. The zero-order valence-corrected chi connectivity index (χ0v) is 14.3. The molecule has 0 bridgehead atoms. The summed E-state index contributed by atoms with van der Waals surface area (Å²) in [6.45, 7) is 9.24. The molecule has 0 radical (unpaired) electrons. The molecule has 2 rings (SSSR count). The molecule has 0 fully saturated rings. The Morgan fingerprint density at radius 3 is 1.76 bits per heavy atom. The van der Waals surface area contributed by atoms with Crippen LogP contribution in [0.15, 0.2) is 24.3 Å². The third kappa shape index (κ3) is 3.15. The lowest BCUT2D eigenvalue weighted by Gasteiger charge is -2.21. The zero-order chi connectivity index (χ0) is 15.2. The van der Waals surface area contributed by atoms with Crippen LogP contribution in [-0.4, -0.2) is 0 Å². The lowest BCUT2D eigenvalue weighted by Crippen LogP contribution is -2.06. The van der Waals surface area contributed by atoms with Crippen LogP contribution in [-0.2, 0) is 25.7 Å². The van der Waals surface area contributed by atoms with Crippen LogP contribution in [0.2, 0.25) is 0 Å². The number of aryl methyl sites for hydroxylation is 2. The molecule has 0 nitrogen and oxygen atoms in total. The number of fused-ring (bicyclic) bond motifs is 1. The summed E-state index contributed by atoms with van der Waals surface area (Å²) >= 11 is 0. The molecule has 0 amide bonds. The fourth-order valence-corrected chi connectivity index (χ4v) is 3.72. The van der Waals surface area contributed by atoms with E-state index in [0.29, 0.717) is 0 Å². The highest BCUT2D eigenvalue weighted by Crippen LogP contribution is 2.33. The minimum Gasteiger partial charge on any atom is -0.0654 e. The summed E-state index contributed by atoms with van der Waals surface area (Å²) in [5.74, 6) is 0. The van der Waals surface area contributed by atoms with Crippen molar-refractivity contribution >= 4 is 10.8 Å². The molecule has 0 unspecified atom stereocenters. The van der Waals surface area contributed by atoms with Crippen LogP contribution in [0.25, 0.3) is 10.8 Å². The van der Waals surface area contributed by atoms with E-state index in [4.69, 9.17) is 0 Å². The van der Waals surface area contributed by atoms with E-state index >= 15 is 0 Å². The molecular weight excluding hydrogens is 252 g/mol. The number of rotatable bonds is 7. The van der Waals surface area contributed by atoms with E-state index < -0.39 is 0 Å². The number of hydrogen-bond acceptors (Lipinski definition) is 0. The van der Waals surface area contributed by atoms with E-state index in [0.717, 1.165) is 6.42 Å². The Hall–Kier alpha value is -1.30. The van der Waals surface area contributed by atoms with Crippen LogP contribution in [0.3, 0.4) is 0 Å². The first-order chi connectivity index (χ1) is 10.3. The van der Waals surface area contributed by atoms with Gasteiger partial charge in [-0.05, 0) is 65.1 Å². The average molecular weight is 282 g/mol. The Balaban J connectivity index is 2.77. The van der Waals surface area contributed by atoms with Crippen molar-refractivity contribution in [3.63, 3.8) is 0 Å². The Bertz CT molecular complexity index is 593. The minimum absolute atomic E-state index is 1.15. The fraction of sp³-hybridized carbons (Fsp3) is 0.524. The highest BCUT2D eigenvalue weighted by Gasteiger charge is 2.16. The van der Waals surface area contributed by atoms with E-state index in [2.05, 4.69) is 52.0 Å². The van der Waals surface area contributed by atoms with Crippen molar-refractivity contribution in [3.05, 3.63) is 46.5 Å². The first-order valence-electron chi connectivity index (χ1n) is 8.82. The van der Waals surface area contributed by atoms with Gasteiger partial charge in [-0.15, -0.1) is 0 Å². The zero-order valence-electron chi connectivity index (χ0n) is 14.3. The van der Waals surface area contributed by atoms with Crippen LogP contribution in [0, 0.1) is 0 Å². The molecule has 0 aromatic heterocycles. The maximum Gasteiger partial charge on any atom is -0.0146 e. The fourth-order valence-electron chi connectivity index (χ4n) is 3.72. The molecule has 2 aromatic carbocycles. The van der Waals surface area contributed by atoms with Crippen LogP contribution in [0.4, 0.5) is 0 Å². The summed E-state index contributed by atoms with van der Waals surface area (Å²) in [7, 11) is 0. The monoisotopic (exact) mass is 282 g/mol. The van der Waals surface area contributed by atoms with Gasteiger partial charge in [0.2, 0.25) is 0 Å². The van der Waals surface area contributed by atoms with E-state index in [-0.39, 0.29) is 0 Å². The normalized spacial score (nSPS) is 11.2. The van der Waals surface area contributed by atoms with Gasteiger partial charge in [-0.1, -0.05) is 64.8 Å². The number of benzene rings is 2. The highest BCUT2D eigenvalue weighted by molar-refractivity contribution is 5.91. The second-order valence-corrected chi connectivity index (χ2v) is 6.02. The largest absolute Gasteiger partial charge is 0.0654 e. The van der Waals surface area contributed by atoms with Crippen molar-refractivity contribution in [2.45, 2.75) is 72.6 Å². The number of hydrogen-bond donors (Lipinski definition) is 0. The maximum atomic E-state index is 2.35. The molecule has 0 heterocycles. The van der Waals surface area contributed by atoms with Gasteiger partial charge in [-0.2, -0.15) is 0 Å². The summed E-state index contributed by atoms with van der Waals surface area (Å²) in [5, 5.41) is 3.02. The molecule has 0 aliphatic rings. The summed E-state index contributed by atoms with van der Waals surface area (Å²) < 4.78 is 0. The van der Waals surface area contributed by atoms with E-state index in [1.54, 1.807) is 22.3 Å². The van der Waals surface area contributed by atoms with Gasteiger partial charge in [0.25, 0.3) is 0 Å². The molecule has 21 heavy (non-hydrogen) atoms. The third-order valence-corrected chi connectivity index (χ3v) is 4.66. The number of unbranched alkanes of at least 4 members (excludes halogenated alkanes) is 1. The molecule has 0 spiro atoms. The van der Waals surface area contributed by atoms with Gasteiger partial charge >= 0.3 is 0 Å². The first kappa shape index (κ1) is 16.1. The third-order valence-electron chi connectivity index (χ3n) is 4.66. The van der Waals surface area contributed by atoms with Gasteiger partial charge in [0, 0.05) is 0 Å². The van der Waals surface area contributed by atoms with E-state index in [1.807, 2.05) is 0 Å². The smallest absolute Gasteiger partial charge is 0.0146 e. The van der Waals surface area contributed by atoms with Crippen LogP contribution < -0.4 is 0 Å². The van der Waals surface area contributed by atoms with Gasteiger partial charge in [0.1, 0.15) is 0 Å². The molecule has 2 aromatic rings. The maximum absolute atomic E-state index is 2.35. The molecule has 0 aliphatic heterocycles.